The van der Waals surface area contributed by atoms with Gasteiger partial charge in [0.1, 0.15) is 5.00 Å². The number of carbonyl (C=O) groups excluding carboxylic acids is 1. The Morgan fingerprint density at radius 3 is 2.48 bits per heavy atom. The van der Waals surface area contributed by atoms with Crippen molar-refractivity contribution in [1.29, 1.82) is 0 Å². The maximum Gasteiger partial charge on any atom is 0.338 e. The molecule has 4 N–H and O–H groups in total. The van der Waals surface area contributed by atoms with Crippen molar-refractivity contribution < 1.29 is 14.7 Å². The molecule has 108 valence electrons. The first-order valence-corrected chi connectivity index (χ1v) is 7.02. The van der Waals surface area contributed by atoms with Crippen LogP contribution in [0.5, 0.6) is 0 Å². The first kappa shape index (κ1) is 15.1. The monoisotopic (exact) mass is 322 g/mol. The summed E-state index contributed by atoms with van der Waals surface area (Å²) in [7, 11) is 0. The van der Waals surface area contributed by atoms with E-state index in [0.717, 1.165) is 16.9 Å². The highest BCUT2D eigenvalue weighted by atomic mass is 35.5. The highest BCUT2D eigenvalue weighted by molar-refractivity contribution is 7.17. The zero-order chi connectivity index (χ0) is 15.4. The van der Waals surface area contributed by atoms with Gasteiger partial charge >= 0.3 is 12.0 Å². The van der Waals surface area contributed by atoms with E-state index in [9.17, 15) is 9.59 Å². The molecule has 2 aromatic rings. The van der Waals surface area contributed by atoms with Crippen LogP contribution < -0.4 is 11.1 Å². The lowest BCUT2D eigenvalue weighted by Crippen LogP contribution is -2.19. The summed E-state index contributed by atoms with van der Waals surface area (Å²) in [6.45, 7) is 0. The van der Waals surface area contributed by atoms with Crippen LogP contribution in [0, 0.1) is 0 Å². The van der Waals surface area contributed by atoms with E-state index in [0.29, 0.717) is 9.90 Å². The number of nitrogens with two attached hydrogens (primary N) is 1. The average Bonchev–Trinajstić information content (AvgIpc) is 2.80. The van der Waals surface area contributed by atoms with Crippen LogP contribution in [0.15, 0.2) is 30.3 Å². The average molecular weight is 323 g/mol. The molecule has 1 aromatic carbocycles. The van der Waals surface area contributed by atoms with E-state index >= 15 is 0 Å². The summed E-state index contributed by atoms with van der Waals surface area (Å²) in [5.41, 5.74) is 5.95. The number of urea groups is 1. The van der Waals surface area contributed by atoms with Crippen molar-refractivity contribution >= 4 is 52.1 Å². The van der Waals surface area contributed by atoms with Crippen LogP contribution >= 0.6 is 22.9 Å². The van der Waals surface area contributed by atoms with Crippen molar-refractivity contribution in [1.82, 2.24) is 0 Å². The van der Waals surface area contributed by atoms with Crippen molar-refractivity contribution in [2.45, 2.75) is 0 Å². The van der Waals surface area contributed by atoms with Gasteiger partial charge in [-0.15, -0.1) is 11.3 Å². The fourth-order valence-electron chi connectivity index (χ4n) is 1.61. The Balaban J connectivity index is 2.25. The zero-order valence-corrected chi connectivity index (χ0v) is 12.2. The fourth-order valence-corrected chi connectivity index (χ4v) is 2.69. The number of carboxylic acids is 1. The number of hydrogen-bond acceptors (Lipinski definition) is 3. The Morgan fingerprint density at radius 2 is 1.90 bits per heavy atom. The number of nitrogens with one attached hydrogen (secondary N) is 1. The largest absolute Gasteiger partial charge is 0.478 e. The number of amides is 2. The van der Waals surface area contributed by atoms with Crippen LogP contribution in [-0.4, -0.2) is 17.1 Å². The molecule has 1 aromatic heterocycles. The predicted octanol–water partition coefficient (Wildman–Crippen LogP) is 3.76. The van der Waals surface area contributed by atoms with E-state index in [2.05, 4.69) is 5.32 Å². The summed E-state index contributed by atoms with van der Waals surface area (Å²) in [6.07, 6.45) is 3.58. The van der Waals surface area contributed by atoms with Gasteiger partial charge in [0.15, 0.2) is 0 Å². The summed E-state index contributed by atoms with van der Waals surface area (Å²) in [6, 6.07) is 7.88. The Morgan fingerprint density at radius 1 is 1.24 bits per heavy atom. The molecule has 0 saturated heterocycles. The lowest BCUT2D eigenvalue weighted by atomic mass is 10.2. The highest BCUT2D eigenvalue weighted by Gasteiger charge is 2.15. The van der Waals surface area contributed by atoms with E-state index in [1.54, 1.807) is 18.2 Å². The Labute approximate surface area is 129 Å². The summed E-state index contributed by atoms with van der Waals surface area (Å²) < 4.78 is 0. The minimum absolute atomic E-state index is 0.00885. The molecule has 2 amide bonds. The number of benzene rings is 1. The van der Waals surface area contributed by atoms with Gasteiger partial charge in [-0.2, -0.15) is 0 Å². The van der Waals surface area contributed by atoms with Crippen molar-refractivity contribution in [3.05, 3.63) is 51.4 Å². The molecule has 1 heterocycles. The second-order valence-corrected chi connectivity index (χ2v) is 5.59. The molecule has 0 aliphatic carbocycles. The topological polar surface area (TPSA) is 92.4 Å². The predicted molar refractivity (Wildman–Crippen MR) is 84.9 cm³/mol. The third-order valence-electron chi connectivity index (χ3n) is 2.53. The SMILES string of the molecule is NC(=O)Nc1sc(C=Cc2ccc(Cl)cc2)cc1C(=O)O. The quantitative estimate of drug-likeness (QED) is 0.800. The second kappa shape index (κ2) is 6.43. The first-order chi connectivity index (χ1) is 9.95. The zero-order valence-electron chi connectivity index (χ0n) is 10.7. The van der Waals surface area contributed by atoms with Crippen LogP contribution in [0.4, 0.5) is 9.80 Å². The van der Waals surface area contributed by atoms with Gasteiger partial charge in [-0.1, -0.05) is 29.8 Å². The molecule has 0 fully saturated rings. The van der Waals surface area contributed by atoms with Gasteiger partial charge in [0.05, 0.1) is 5.56 Å². The Bertz CT molecular complexity index is 708. The molecule has 5 nitrogen and oxygen atoms in total. The number of hydrogen-bond donors (Lipinski definition) is 3. The van der Waals surface area contributed by atoms with E-state index in [1.807, 2.05) is 18.2 Å². The lowest BCUT2D eigenvalue weighted by Gasteiger charge is -1.98. The fraction of sp³-hybridized carbons (Fsp3) is 0. The molecule has 0 atom stereocenters. The van der Waals surface area contributed by atoms with Crippen LogP contribution in [0.1, 0.15) is 20.8 Å². The summed E-state index contributed by atoms with van der Waals surface area (Å²) in [5, 5.41) is 12.2. The van der Waals surface area contributed by atoms with Gasteiger partial charge in [-0.05, 0) is 29.8 Å². The van der Waals surface area contributed by atoms with Gasteiger partial charge in [0, 0.05) is 9.90 Å². The third-order valence-corrected chi connectivity index (χ3v) is 3.80. The van der Waals surface area contributed by atoms with E-state index in [-0.39, 0.29) is 10.6 Å². The molecule has 0 unspecified atom stereocenters. The maximum atomic E-state index is 11.1. The molecule has 0 bridgehead atoms. The number of halogens is 1. The van der Waals surface area contributed by atoms with Crippen molar-refractivity contribution in [2.24, 2.45) is 5.73 Å². The molecule has 2 rings (SSSR count). The summed E-state index contributed by atoms with van der Waals surface area (Å²) >= 11 is 6.93. The molecule has 0 radical (unpaired) electrons. The van der Waals surface area contributed by atoms with Crippen LogP contribution in [0.3, 0.4) is 0 Å². The molecule has 0 saturated carbocycles. The minimum atomic E-state index is -1.12. The number of carbonyl (C=O) groups is 2. The van der Waals surface area contributed by atoms with Crippen LogP contribution in [0.25, 0.3) is 12.2 Å². The van der Waals surface area contributed by atoms with Gasteiger partial charge in [-0.3, -0.25) is 5.32 Å². The second-order valence-electron chi connectivity index (χ2n) is 4.07. The number of aromatic carboxylic acids is 1. The molecule has 0 aliphatic rings. The van der Waals surface area contributed by atoms with Gasteiger partial charge in [-0.25, -0.2) is 9.59 Å². The smallest absolute Gasteiger partial charge is 0.338 e. The first-order valence-electron chi connectivity index (χ1n) is 5.83. The van der Waals surface area contributed by atoms with Gasteiger partial charge in [0.2, 0.25) is 0 Å². The van der Waals surface area contributed by atoms with Crippen LogP contribution in [0.2, 0.25) is 5.02 Å². The third kappa shape index (κ3) is 4.08. The summed E-state index contributed by atoms with van der Waals surface area (Å²) in [4.78, 5) is 22.6. The summed E-state index contributed by atoms with van der Waals surface area (Å²) in [5.74, 6) is -1.12. The highest BCUT2D eigenvalue weighted by Crippen LogP contribution is 2.29. The molecule has 0 aliphatic heterocycles. The number of rotatable bonds is 4. The van der Waals surface area contributed by atoms with E-state index in [1.165, 1.54) is 6.07 Å². The van der Waals surface area contributed by atoms with Crippen molar-refractivity contribution in [3.8, 4) is 0 Å². The lowest BCUT2D eigenvalue weighted by molar-refractivity contribution is 0.0698. The Kier molecular flexibility index (Phi) is 4.62. The standard InChI is InChI=1S/C14H11ClN2O3S/c15-9-4-1-8(2-5-9)3-6-10-7-11(13(18)19)12(21-10)17-14(16)20/h1-7H,(H,18,19)(H3,16,17,20). The van der Waals surface area contributed by atoms with Crippen molar-refractivity contribution in [3.63, 3.8) is 0 Å². The molecular weight excluding hydrogens is 312 g/mol. The molecular formula is C14H11ClN2O3S. The van der Waals surface area contributed by atoms with Gasteiger partial charge in [0.25, 0.3) is 0 Å². The van der Waals surface area contributed by atoms with Gasteiger partial charge < -0.3 is 10.8 Å². The van der Waals surface area contributed by atoms with E-state index in [4.69, 9.17) is 22.4 Å². The molecule has 7 heteroatoms. The van der Waals surface area contributed by atoms with Crippen molar-refractivity contribution in [2.75, 3.05) is 5.32 Å². The number of primary amides is 1. The minimum Gasteiger partial charge on any atom is -0.478 e. The maximum absolute atomic E-state index is 11.1. The number of carboxylic acid groups (broad SMARTS) is 1. The van der Waals surface area contributed by atoms with Crippen LogP contribution in [-0.2, 0) is 0 Å². The number of thiophene rings is 1. The molecule has 0 spiro atoms. The normalized spacial score (nSPS) is 10.7. The van der Waals surface area contributed by atoms with E-state index < -0.39 is 12.0 Å². The Hall–Kier alpha value is -2.31. The number of anilines is 1. The molecule has 21 heavy (non-hydrogen) atoms.